The standard InChI is InChI=1S/C17H21ClN4O2/c1-22(2)16-11-13(7-8-19-16)12-21-17(23)20-9-10-24-15-5-3-14(18)4-6-15/h3-8,11H,9-10,12H2,1-2H3,(H2,20,21,23). The van der Waals surface area contributed by atoms with Crippen LogP contribution in [-0.4, -0.2) is 38.3 Å². The van der Waals surface area contributed by atoms with Gasteiger partial charge in [0.25, 0.3) is 0 Å². The maximum Gasteiger partial charge on any atom is 0.315 e. The lowest BCUT2D eigenvalue weighted by Crippen LogP contribution is -2.37. The molecule has 128 valence electrons. The van der Waals surface area contributed by atoms with Crippen molar-refractivity contribution in [2.75, 3.05) is 32.1 Å². The van der Waals surface area contributed by atoms with Crippen molar-refractivity contribution in [3.8, 4) is 5.75 Å². The summed E-state index contributed by atoms with van der Waals surface area (Å²) >= 11 is 5.80. The lowest BCUT2D eigenvalue weighted by Gasteiger charge is -2.13. The summed E-state index contributed by atoms with van der Waals surface area (Å²) in [4.78, 5) is 17.9. The van der Waals surface area contributed by atoms with Gasteiger partial charge in [0.1, 0.15) is 18.2 Å². The number of urea groups is 1. The highest BCUT2D eigenvalue weighted by molar-refractivity contribution is 6.30. The summed E-state index contributed by atoms with van der Waals surface area (Å²) in [6, 6.07) is 10.7. The highest BCUT2D eigenvalue weighted by atomic mass is 35.5. The molecule has 0 spiro atoms. The Labute approximate surface area is 146 Å². The second-order valence-electron chi connectivity index (χ2n) is 5.33. The van der Waals surface area contributed by atoms with Gasteiger partial charge in [0.2, 0.25) is 0 Å². The molecule has 0 atom stereocenters. The number of carbonyl (C=O) groups is 1. The van der Waals surface area contributed by atoms with E-state index < -0.39 is 0 Å². The van der Waals surface area contributed by atoms with Crippen molar-refractivity contribution in [3.63, 3.8) is 0 Å². The van der Waals surface area contributed by atoms with Gasteiger partial charge in [-0.25, -0.2) is 9.78 Å². The topological polar surface area (TPSA) is 66.5 Å². The molecule has 0 saturated heterocycles. The van der Waals surface area contributed by atoms with Crippen molar-refractivity contribution in [1.29, 1.82) is 0 Å². The third-order valence-electron chi connectivity index (χ3n) is 3.19. The number of ether oxygens (including phenoxy) is 1. The van der Waals surface area contributed by atoms with E-state index in [0.717, 1.165) is 17.1 Å². The molecular weight excluding hydrogens is 328 g/mol. The molecular formula is C17H21ClN4O2. The Bertz CT molecular complexity index is 662. The summed E-state index contributed by atoms with van der Waals surface area (Å²) in [6.45, 7) is 1.23. The quantitative estimate of drug-likeness (QED) is 0.755. The monoisotopic (exact) mass is 348 g/mol. The molecule has 24 heavy (non-hydrogen) atoms. The van der Waals surface area contributed by atoms with E-state index in [1.165, 1.54) is 0 Å². The van der Waals surface area contributed by atoms with Crippen LogP contribution in [0.25, 0.3) is 0 Å². The van der Waals surface area contributed by atoms with Crippen LogP contribution in [0, 0.1) is 0 Å². The normalized spacial score (nSPS) is 10.1. The minimum absolute atomic E-state index is 0.238. The Morgan fingerprint density at radius 1 is 1.21 bits per heavy atom. The third kappa shape index (κ3) is 5.96. The van der Waals surface area contributed by atoms with Gasteiger partial charge < -0.3 is 20.3 Å². The van der Waals surface area contributed by atoms with Crippen LogP contribution >= 0.6 is 11.6 Å². The van der Waals surface area contributed by atoms with Crippen molar-refractivity contribution in [1.82, 2.24) is 15.6 Å². The number of nitrogens with zero attached hydrogens (tertiary/aromatic N) is 2. The van der Waals surface area contributed by atoms with E-state index >= 15 is 0 Å². The molecule has 2 amide bonds. The first-order chi connectivity index (χ1) is 11.5. The number of hydrogen-bond donors (Lipinski definition) is 2. The molecule has 0 unspecified atom stereocenters. The van der Waals surface area contributed by atoms with Crippen molar-refractivity contribution < 1.29 is 9.53 Å². The molecule has 0 saturated carbocycles. The molecule has 1 aromatic heterocycles. The number of carbonyl (C=O) groups excluding carboxylic acids is 1. The van der Waals surface area contributed by atoms with E-state index in [4.69, 9.17) is 16.3 Å². The van der Waals surface area contributed by atoms with Crippen LogP contribution in [0.2, 0.25) is 5.02 Å². The number of pyridine rings is 1. The SMILES string of the molecule is CN(C)c1cc(CNC(=O)NCCOc2ccc(Cl)cc2)ccn1. The highest BCUT2D eigenvalue weighted by Gasteiger charge is 2.03. The highest BCUT2D eigenvalue weighted by Crippen LogP contribution is 2.15. The zero-order valence-electron chi connectivity index (χ0n) is 13.8. The van der Waals surface area contributed by atoms with E-state index in [1.807, 2.05) is 31.1 Å². The van der Waals surface area contributed by atoms with Gasteiger partial charge >= 0.3 is 6.03 Å². The van der Waals surface area contributed by atoms with Crippen LogP contribution in [0.4, 0.5) is 10.6 Å². The van der Waals surface area contributed by atoms with Gasteiger partial charge in [-0.3, -0.25) is 0 Å². The van der Waals surface area contributed by atoms with Crippen molar-refractivity contribution in [3.05, 3.63) is 53.2 Å². The van der Waals surface area contributed by atoms with Crippen LogP contribution in [-0.2, 0) is 6.54 Å². The predicted molar refractivity (Wildman–Crippen MR) is 95.7 cm³/mol. The molecule has 0 radical (unpaired) electrons. The molecule has 1 heterocycles. The number of nitrogens with one attached hydrogen (secondary N) is 2. The first kappa shape index (κ1) is 17.9. The Kier molecular flexibility index (Phi) is 6.69. The van der Waals surface area contributed by atoms with Gasteiger partial charge in [0.15, 0.2) is 0 Å². The summed E-state index contributed by atoms with van der Waals surface area (Å²) < 4.78 is 5.50. The number of aromatic nitrogens is 1. The number of anilines is 1. The number of hydrogen-bond acceptors (Lipinski definition) is 4. The Morgan fingerprint density at radius 2 is 1.96 bits per heavy atom. The van der Waals surface area contributed by atoms with Crippen LogP contribution < -0.4 is 20.3 Å². The maximum absolute atomic E-state index is 11.8. The van der Waals surface area contributed by atoms with Crippen LogP contribution in [0.5, 0.6) is 5.75 Å². The van der Waals surface area contributed by atoms with Crippen molar-refractivity contribution in [2.45, 2.75) is 6.54 Å². The van der Waals surface area contributed by atoms with Gasteiger partial charge in [-0.05, 0) is 42.0 Å². The summed E-state index contributed by atoms with van der Waals surface area (Å²) in [5, 5.41) is 6.21. The number of halogens is 1. The van der Waals surface area contributed by atoms with E-state index in [1.54, 1.807) is 30.5 Å². The molecule has 6 nitrogen and oxygen atoms in total. The lowest BCUT2D eigenvalue weighted by atomic mass is 10.2. The van der Waals surface area contributed by atoms with Crippen molar-refractivity contribution in [2.24, 2.45) is 0 Å². The maximum atomic E-state index is 11.8. The van der Waals surface area contributed by atoms with Gasteiger partial charge in [0.05, 0.1) is 6.54 Å². The molecule has 0 bridgehead atoms. The number of amides is 2. The number of benzene rings is 1. The van der Waals surface area contributed by atoms with Crippen LogP contribution in [0.1, 0.15) is 5.56 Å². The van der Waals surface area contributed by atoms with Gasteiger partial charge in [-0.2, -0.15) is 0 Å². The number of rotatable bonds is 7. The largest absolute Gasteiger partial charge is 0.492 e. The molecule has 2 rings (SSSR count). The predicted octanol–water partition coefficient (Wildman–Crippen LogP) is 2.68. The Morgan fingerprint density at radius 3 is 2.67 bits per heavy atom. The average molecular weight is 349 g/mol. The van der Waals surface area contributed by atoms with Gasteiger partial charge in [-0.15, -0.1) is 0 Å². The first-order valence-electron chi connectivity index (χ1n) is 7.57. The fourth-order valence-corrected chi connectivity index (χ4v) is 2.05. The molecule has 2 aromatic rings. The molecule has 0 aliphatic rings. The molecule has 2 N–H and O–H groups in total. The molecule has 1 aromatic carbocycles. The Balaban J connectivity index is 1.66. The third-order valence-corrected chi connectivity index (χ3v) is 3.44. The van der Waals surface area contributed by atoms with Gasteiger partial charge in [-0.1, -0.05) is 11.6 Å². The Hall–Kier alpha value is -2.47. The zero-order valence-corrected chi connectivity index (χ0v) is 14.5. The molecule has 0 aliphatic heterocycles. The van der Waals surface area contributed by atoms with Gasteiger partial charge in [0, 0.05) is 31.9 Å². The summed E-state index contributed by atoms with van der Waals surface area (Å²) in [5.41, 5.74) is 0.987. The molecule has 7 heteroatoms. The van der Waals surface area contributed by atoms with Crippen LogP contribution in [0.15, 0.2) is 42.6 Å². The fourth-order valence-electron chi connectivity index (χ4n) is 1.92. The van der Waals surface area contributed by atoms with E-state index in [9.17, 15) is 4.79 Å². The van der Waals surface area contributed by atoms with Crippen molar-refractivity contribution >= 4 is 23.4 Å². The van der Waals surface area contributed by atoms with E-state index in [2.05, 4.69) is 15.6 Å². The minimum Gasteiger partial charge on any atom is -0.492 e. The summed E-state index contributed by atoms with van der Waals surface area (Å²) in [7, 11) is 3.85. The minimum atomic E-state index is -0.238. The van der Waals surface area contributed by atoms with E-state index in [-0.39, 0.29) is 6.03 Å². The second kappa shape index (κ2) is 8.98. The van der Waals surface area contributed by atoms with Crippen LogP contribution in [0.3, 0.4) is 0 Å². The average Bonchev–Trinajstić information content (AvgIpc) is 2.58. The van der Waals surface area contributed by atoms with E-state index in [0.29, 0.717) is 24.7 Å². The smallest absolute Gasteiger partial charge is 0.315 e. The molecule has 0 fully saturated rings. The summed E-state index contributed by atoms with van der Waals surface area (Å²) in [5.74, 6) is 1.57. The zero-order chi connectivity index (χ0) is 17.4. The fraction of sp³-hybridized carbons (Fsp3) is 0.294. The lowest BCUT2D eigenvalue weighted by molar-refractivity contribution is 0.236. The second-order valence-corrected chi connectivity index (χ2v) is 5.76. The first-order valence-corrected chi connectivity index (χ1v) is 7.95. The molecule has 0 aliphatic carbocycles. The summed E-state index contributed by atoms with van der Waals surface area (Å²) in [6.07, 6.45) is 1.73.